The number of ether oxygens (including phenoxy) is 1. The minimum absolute atomic E-state index is 0.0200. The van der Waals surface area contributed by atoms with Crippen LogP contribution in [-0.4, -0.2) is 16.8 Å². The van der Waals surface area contributed by atoms with Crippen molar-refractivity contribution in [2.24, 2.45) is 4.99 Å². The number of rotatable bonds is 4. The van der Waals surface area contributed by atoms with Gasteiger partial charge in [-0.25, -0.2) is 9.79 Å². The number of aliphatic imine (C=N–C) groups is 1. The van der Waals surface area contributed by atoms with Crippen LogP contribution in [0.15, 0.2) is 70.3 Å². The van der Waals surface area contributed by atoms with Crippen molar-refractivity contribution in [2.45, 2.75) is 6.92 Å². The van der Waals surface area contributed by atoms with Gasteiger partial charge in [-0.3, -0.25) is 10.1 Å². The molecule has 0 unspecified atom stereocenters. The van der Waals surface area contributed by atoms with Crippen LogP contribution in [-0.2, 0) is 9.53 Å². The molecule has 1 aliphatic rings. The molecule has 0 saturated heterocycles. The number of allylic oxidation sites excluding steroid dienone is 2. The topological polar surface area (TPSA) is 81.8 Å². The highest BCUT2D eigenvalue weighted by molar-refractivity contribution is 6.33. The molecule has 3 rings (SSSR count). The van der Waals surface area contributed by atoms with Gasteiger partial charge in [0.1, 0.15) is 0 Å². The molecular formula is C19H13ClN2O4. The van der Waals surface area contributed by atoms with Crippen molar-refractivity contribution in [2.75, 3.05) is 0 Å². The lowest BCUT2D eigenvalue weighted by Crippen LogP contribution is -2.08. The van der Waals surface area contributed by atoms with Crippen LogP contribution in [0.3, 0.4) is 0 Å². The Morgan fingerprint density at radius 3 is 2.62 bits per heavy atom. The minimum Gasteiger partial charge on any atom is -0.402 e. The summed E-state index contributed by atoms with van der Waals surface area (Å²) >= 11 is 6.17. The predicted octanol–water partition coefficient (Wildman–Crippen LogP) is 4.37. The summed E-state index contributed by atoms with van der Waals surface area (Å²) in [6.45, 7) is 1.58. The molecule has 0 N–H and O–H groups in total. The molecule has 1 aliphatic heterocycles. The van der Waals surface area contributed by atoms with Crippen LogP contribution in [0, 0.1) is 17.0 Å². The number of nitro groups is 1. The molecular weight excluding hydrogens is 356 g/mol. The van der Waals surface area contributed by atoms with E-state index in [2.05, 4.69) is 4.99 Å². The zero-order chi connectivity index (χ0) is 18.7. The normalized spacial score (nSPS) is 15.8. The number of hydrogen-bond donors (Lipinski definition) is 0. The lowest BCUT2D eigenvalue weighted by molar-refractivity contribution is -0.385. The maximum atomic E-state index is 12.1. The summed E-state index contributed by atoms with van der Waals surface area (Å²) in [4.78, 5) is 26.8. The van der Waals surface area contributed by atoms with Gasteiger partial charge in [-0.05, 0) is 30.7 Å². The van der Waals surface area contributed by atoms with E-state index < -0.39 is 10.9 Å². The molecule has 2 aromatic carbocycles. The third kappa shape index (κ3) is 3.70. The number of esters is 1. The summed E-state index contributed by atoms with van der Waals surface area (Å²) in [5.41, 5.74) is 1.60. The fourth-order valence-corrected chi connectivity index (χ4v) is 2.69. The Morgan fingerprint density at radius 1 is 1.19 bits per heavy atom. The maximum Gasteiger partial charge on any atom is 0.363 e. The fraction of sp³-hybridized carbons (Fsp3) is 0.0526. The first-order chi connectivity index (χ1) is 12.5. The lowest BCUT2D eigenvalue weighted by Gasteiger charge is -2.04. The molecule has 0 spiro atoms. The number of hydrogen-bond acceptors (Lipinski definition) is 5. The monoisotopic (exact) mass is 368 g/mol. The molecule has 0 fully saturated rings. The number of carbonyl (C=O) groups is 1. The second-order valence-corrected chi connectivity index (χ2v) is 5.92. The summed E-state index contributed by atoms with van der Waals surface area (Å²) in [5.74, 6) is -0.642. The van der Waals surface area contributed by atoms with E-state index in [0.717, 1.165) is 5.56 Å². The fourth-order valence-electron chi connectivity index (χ4n) is 2.46. The molecule has 0 radical (unpaired) electrons. The smallest absolute Gasteiger partial charge is 0.363 e. The number of nitro benzene ring substituents is 1. The molecule has 1 heterocycles. The first kappa shape index (κ1) is 17.6. The van der Waals surface area contributed by atoms with E-state index in [0.29, 0.717) is 16.2 Å². The van der Waals surface area contributed by atoms with Crippen molar-refractivity contribution in [3.63, 3.8) is 0 Å². The molecule has 0 aromatic heterocycles. The molecule has 0 atom stereocenters. The summed E-state index contributed by atoms with van der Waals surface area (Å²) in [7, 11) is 0. The third-order valence-corrected chi connectivity index (χ3v) is 3.95. The van der Waals surface area contributed by atoms with Crippen molar-refractivity contribution >= 4 is 35.2 Å². The number of nitrogens with zero attached hydrogens (tertiary/aromatic N) is 2. The van der Waals surface area contributed by atoms with E-state index in [1.165, 1.54) is 18.2 Å². The molecule has 130 valence electrons. The lowest BCUT2D eigenvalue weighted by atomic mass is 10.1. The molecule has 0 amide bonds. The van der Waals surface area contributed by atoms with Gasteiger partial charge in [0, 0.05) is 22.2 Å². The number of carbonyl (C=O) groups excluding carboxylic acids is 1. The molecule has 2 aromatic rings. The van der Waals surface area contributed by atoms with Crippen LogP contribution in [0.25, 0.3) is 6.08 Å². The zero-order valence-corrected chi connectivity index (χ0v) is 14.4. The zero-order valence-electron chi connectivity index (χ0n) is 13.7. The van der Waals surface area contributed by atoms with E-state index >= 15 is 0 Å². The Hall–Kier alpha value is -3.25. The van der Waals surface area contributed by atoms with E-state index in [1.54, 1.807) is 19.1 Å². The molecule has 26 heavy (non-hydrogen) atoms. The minimum atomic E-state index is -0.662. The molecule has 6 nitrogen and oxygen atoms in total. The SMILES string of the molecule is Cc1c(C2=NC(=CC(Cl)=Cc3ccccc3)C(=O)O2)cccc1[N+](=O)[O-]. The Labute approximate surface area is 154 Å². The van der Waals surface area contributed by atoms with Gasteiger partial charge in [0.25, 0.3) is 5.69 Å². The van der Waals surface area contributed by atoms with Crippen molar-refractivity contribution in [1.29, 1.82) is 0 Å². The van der Waals surface area contributed by atoms with Crippen LogP contribution < -0.4 is 0 Å². The molecule has 0 saturated carbocycles. The Balaban J connectivity index is 1.94. The van der Waals surface area contributed by atoms with Gasteiger partial charge >= 0.3 is 5.97 Å². The highest BCUT2D eigenvalue weighted by atomic mass is 35.5. The van der Waals surface area contributed by atoms with Crippen molar-refractivity contribution in [1.82, 2.24) is 0 Å². The predicted molar refractivity (Wildman–Crippen MR) is 98.8 cm³/mol. The van der Waals surface area contributed by atoms with E-state index in [1.807, 2.05) is 30.3 Å². The highest BCUT2D eigenvalue weighted by Crippen LogP contribution is 2.26. The number of halogens is 1. The average molecular weight is 369 g/mol. The second kappa shape index (κ2) is 7.33. The van der Waals surface area contributed by atoms with Crippen molar-refractivity contribution in [3.05, 3.63) is 92.1 Å². The van der Waals surface area contributed by atoms with Crippen molar-refractivity contribution in [3.8, 4) is 0 Å². The summed E-state index contributed by atoms with van der Waals surface area (Å²) < 4.78 is 5.16. The average Bonchev–Trinajstić information content (AvgIpc) is 2.96. The van der Waals surface area contributed by atoms with Gasteiger partial charge in [-0.1, -0.05) is 48.0 Å². The molecule has 0 bridgehead atoms. The van der Waals surface area contributed by atoms with Crippen LogP contribution in [0.2, 0.25) is 0 Å². The van der Waals surface area contributed by atoms with Crippen LogP contribution in [0.4, 0.5) is 5.69 Å². The van der Waals surface area contributed by atoms with E-state index in [9.17, 15) is 14.9 Å². The maximum absolute atomic E-state index is 12.1. The third-order valence-electron chi connectivity index (χ3n) is 3.73. The Morgan fingerprint density at radius 2 is 1.92 bits per heavy atom. The first-order valence-electron chi connectivity index (χ1n) is 7.65. The van der Waals surface area contributed by atoms with E-state index in [4.69, 9.17) is 16.3 Å². The van der Waals surface area contributed by atoms with Gasteiger partial charge in [0.15, 0.2) is 5.70 Å². The number of benzene rings is 2. The molecule has 7 heteroatoms. The summed E-state index contributed by atoms with van der Waals surface area (Å²) in [5, 5.41) is 11.4. The summed E-state index contributed by atoms with van der Waals surface area (Å²) in [6.07, 6.45) is 3.09. The van der Waals surface area contributed by atoms with Crippen LogP contribution in [0.1, 0.15) is 16.7 Å². The van der Waals surface area contributed by atoms with Crippen molar-refractivity contribution < 1.29 is 14.5 Å². The quantitative estimate of drug-likeness (QED) is 0.347. The van der Waals surface area contributed by atoms with Gasteiger partial charge in [-0.15, -0.1) is 0 Å². The highest BCUT2D eigenvalue weighted by Gasteiger charge is 2.27. The Kier molecular flexibility index (Phi) is 4.95. The van der Waals surface area contributed by atoms with Crippen LogP contribution >= 0.6 is 11.6 Å². The summed E-state index contributed by atoms with van der Waals surface area (Å²) in [6, 6.07) is 13.9. The van der Waals surface area contributed by atoms with E-state index in [-0.39, 0.29) is 17.3 Å². The van der Waals surface area contributed by atoms with Crippen LogP contribution in [0.5, 0.6) is 0 Å². The van der Waals surface area contributed by atoms with Gasteiger partial charge in [-0.2, -0.15) is 0 Å². The van der Waals surface area contributed by atoms with Gasteiger partial charge in [0.2, 0.25) is 5.90 Å². The largest absolute Gasteiger partial charge is 0.402 e. The van der Waals surface area contributed by atoms with Gasteiger partial charge in [0.05, 0.1) is 4.92 Å². The first-order valence-corrected chi connectivity index (χ1v) is 8.02. The number of cyclic esters (lactones) is 1. The second-order valence-electron chi connectivity index (χ2n) is 5.48. The van der Waals surface area contributed by atoms with Gasteiger partial charge < -0.3 is 4.74 Å². The Bertz CT molecular complexity index is 978. The standard InChI is InChI=1S/C19H13ClN2O4/c1-12-15(8-5-9-17(12)22(24)25)18-21-16(19(23)26-18)11-14(20)10-13-6-3-2-4-7-13/h2-11H,1H3. The molecule has 0 aliphatic carbocycles.